The molecule has 0 saturated heterocycles. The van der Waals surface area contributed by atoms with Gasteiger partial charge in [0.15, 0.2) is 5.82 Å². The molecular formula is C9H5ClN2O2S. The molecule has 6 heteroatoms. The molecule has 0 bridgehead atoms. The molecule has 0 unspecified atom stereocenters. The third kappa shape index (κ3) is 1.98. The van der Waals surface area contributed by atoms with Gasteiger partial charge in [0.25, 0.3) is 0 Å². The molecule has 0 fully saturated rings. The van der Waals surface area contributed by atoms with Gasteiger partial charge in [-0.15, -0.1) is 11.3 Å². The molecule has 4 nitrogen and oxygen atoms in total. The maximum absolute atomic E-state index is 10.7. The Morgan fingerprint density at radius 2 is 2.33 bits per heavy atom. The number of carbonyl (C=O) groups is 1. The number of halogens is 1. The van der Waals surface area contributed by atoms with Gasteiger partial charge in [-0.25, -0.2) is 14.8 Å². The average molecular weight is 241 g/mol. The first-order valence-electron chi connectivity index (χ1n) is 3.98. The number of nitrogens with zero attached hydrogens (tertiary/aromatic N) is 2. The Labute approximate surface area is 94.2 Å². The minimum Gasteiger partial charge on any atom is -0.478 e. The van der Waals surface area contributed by atoms with E-state index in [1.807, 2.05) is 17.5 Å². The fourth-order valence-electron chi connectivity index (χ4n) is 1.03. The lowest BCUT2D eigenvalue weighted by Crippen LogP contribution is -2.01. The molecule has 0 spiro atoms. The van der Waals surface area contributed by atoms with Crippen molar-refractivity contribution in [1.29, 1.82) is 0 Å². The molecule has 0 radical (unpaired) electrons. The van der Waals surface area contributed by atoms with Crippen molar-refractivity contribution >= 4 is 28.9 Å². The Kier molecular flexibility index (Phi) is 2.66. The van der Waals surface area contributed by atoms with Gasteiger partial charge in [0.05, 0.1) is 4.88 Å². The summed E-state index contributed by atoms with van der Waals surface area (Å²) < 4.78 is 0. The van der Waals surface area contributed by atoms with Crippen molar-refractivity contribution in [2.45, 2.75) is 0 Å². The molecular weight excluding hydrogens is 236 g/mol. The van der Waals surface area contributed by atoms with Gasteiger partial charge in [0.1, 0.15) is 10.7 Å². The van der Waals surface area contributed by atoms with Crippen LogP contribution in [0, 0.1) is 0 Å². The van der Waals surface area contributed by atoms with E-state index in [0.717, 1.165) is 4.88 Å². The van der Waals surface area contributed by atoms with Crippen LogP contribution in [0.1, 0.15) is 10.4 Å². The van der Waals surface area contributed by atoms with Crippen molar-refractivity contribution in [3.8, 4) is 10.7 Å². The molecule has 0 amide bonds. The third-order valence-corrected chi connectivity index (χ3v) is 2.87. The van der Waals surface area contributed by atoms with Gasteiger partial charge in [-0.3, -0.25) is 0 Å². The Balaban J connectivity index is 2.47. The Morgan fingerprint density at radius 1 is 1.53 bits per heavy atom. The first-order valence-corrected chi connectivity index (χ1v) is 5.24. The summed E-state index contributed by atoms with van der Waals surface area (Å²) in [6, 6.07) is 3.71. The predicted molar refractivity (Wildman–Crippen MR) is 57.3 cm³/mol. The average Bonchev–Trinajstić information content (AvgIpc) is 2.69. The summed E-state index contributed by atoms with van der Waals surface area (Å²) in [5, 5.41) is 10.6. The second-order valence-corrected chi connectivity index (χ2v) is 3.99. The van der Waals surface area contributed by atoms with Crippen LogP contribution in [0.3, 0.4) is 0 Å². The van der Waals surface area contributed by atoms with Crippen LogP contribution < -0.4 is 0 Å². The first-order chi connectivity index (χ1) is 7.18. The minimum absolute atomic E-state index is 0.0408. The van der Waals surface area contributed by atoms with Crippen LogP contribution in [-0.4, -0.2) is 21.0 Å². The Morgan fingerprint density at radius 3 is 2.87 bits per heavy atom. The summed E-state index contributed by atoms with van der Waals surface area (Å²) in [5.74, 6) is -0.683. The molecule has 0 aromatic carbocycles. The van der Waals surface area contributed by atoms with Gasteiger partial charge in [-0.2, -0.15) is 0 Å². The minimum atomic E-state index is -1.13. The van der Waals surface area contributed by atoms with Crippen LogP contribution in [0.4, 0.5) is 0 Å². The number of hydrogen-bond donors (Lipinski definition) is 1. The summed E-state index contributed by atoms with van der Waals surface area (Å²) in [5.41, 5.74) is -0.0861. The summed E-state index contributed by atoms with van der Waals surface area (Å²) in [4.78, 5) is 19.4. The van der Waals surface area contributed by atoms with Gasteiger partial charge in [-0.1, -0.05) is 17.7 Å². The van der Waals surface area contributed by atoms with Crippen LogP contribution in [0.15, 0.2) is 23.7 Å². The number of aromatic carboxylic acids is 1. The second kappa shape index (κ2) is 3.96. The van der Waals surface area contributed by atoms with Crippen molar-refractivity contribution in [3.05, 3.63) is 34.4 Å². The van der Waals surface area contributed by atoms with E-state index in [1.165, 1.54) is 17.5 Å². The molecule has 15 heavy (non-hydrogen) atoms. The van der Waals surface area contributed by atoms with Gasteiger partial charge in [0, 0.05) is 6.20 Å². The molecule has 1 N–H and O–H groups in total. The highest BCUT2D eigenvalue weighted by Gasteiger charge is 2.12. The van der Waals surface area contributed by atoms with E-state index in [9.17, 15) is 4.79 Å². The quantitative estimate of drug-likeness (QED) is 0.820. The summed E-state index contributed by atoms with van der Waals surface area (Å²) in [7, 11) is 0. The number of hydrogen-bond acceptors (Lipinski definition) is 4. The molecule has 76 valence electrons. The van der Waals surface area contributed by atoms with Crippen molar-refractivity contribution in [2.24, 2.45) is 0 Å². The fraction of sp³-hybridized carbons (Fsp3) is 0. The molecule has 0 aliphatic heterocycles. The monoisotopic (exact) mass is 240 g/mol. The number of rotatable bonds is 2. The lowest BCUT2D eigenvalue weighted by atomic mass is 10.3. The molecule has 0 saturated carbocycles. The van der Waals surface area contributed by atoms with E-state index in [2.05, 4.69) is 9.97 Å². The van der Waals surface area contributed by atoms with Gasteiger partial charge in [-0.05, 0) is 11.4 Å². The normalized spacial score (nSPS) is 10.2. The Hall–Kier alpha value is -1.46. The summed E-state index contributed by atoms with van der Waals surface area (Å²) in [6.07, 6.45) is 1.21. The summed E-state index contributed by atoms with van der Waals surface area (Å²) in [6.45, 7) is 0. The van der Waals surface area contributed by atoms with Crippen LogP contribution in [0.25, 0.3) is 10.7 Å². The highest BCUT2D eigenvalue weighted by Crippen LogP contribution is 2.23. The lowest BCUT2D eigenvalue weighted by Gasteiger charge is -1.99. The third-order valence-electron chi connectivity index (χ3n) is 1.71. The lowest BCUT2D eigenvalue weighted by molar-refractivity contribution is 0.0696. The van der Waals surface area contributed by atoms with Crippen LogP contribution >= 0.6 is 22.9 Å². The first kappa shape index (κ1) is 10.1. The van der Waals surface area contributed by atoms with Crippen molar-refractivity contribution in [2.75, 3.05) is 0 Å². The van der Waals surface area contributed by atoms with E-state index >= 15 is 0 Å². The zero-order chi connectivity index (χ0) is 10.8. The molecule has 2 aromatic heterocycles. The molecule has 0 atom stereocenters. The highest BCUT2D eigenvalue weighted by atomic mass is 35.5. The molecule has 2 heterocycles. The zero-order valence-corrected chi connectivity index (χ0v) is 8.92. The van der Waals surface area contributed by atoms with Crippen LogP contribution in [0.5, 0.6) is 0 Å². The van der Waals surface area contributed by atoms with Gasteiger partial charge < -0.3 is 5.11 Å². The highest BCUT2D eigenvalue weighted by molar-refractivity contribution is 7.13. The van der Waals surface area contributed by atoms with Crippen LogP contribution in [-0.2, 0) is 0 Å². The van der Waals surface area contributed by atoms with E-state index in [1.54, 1.807) is 0 Å². The van der Waals surface area contributed by atoms with E-state index in [0.29, 0.717) is 5.82 Å². The molecule has 2 rings (SSSR count). The van der Waals surface area contributed by atoms with Crippen molar-refractivity contribution in [1.82, 2.24) is 9.97 Å². The Bertz CT molecular complexity index is 499. The molecule has 0 aliphatic carbocycles. The van der Waals surface area contributed by atoms with E-state index in [4.69, 9.17) is 16.7 Å². The fourth-order valence-corrected chi connectivity index (χ4v) is 1.90. The maximum atomic E-state index is 10.7. The smallest absolute Gasteiger partial charge is 0.340 e. The van der Waals surface area contributed by atoms with E-state index in [-0.39, 0.29) is 10.7 Å². The van der Waals surface area contributed by atoms with E-state index < -0.39 is 5.97 Å². The van der Waals surface area contributed by atoms with Crippen LogP contribution in [0.2, 0.25) is 5.15 Å². The second-order valence-electron chi connectivity index (χ2n) is 2.68. The number of carboxylic acid groups (broad SMARTS) is 1. The molecule has 0 aliphatic rings. The largest absolute Gasteiger partial charge is 0.478 e. The zero-order valence-electron chi connectivity index (χ0n) is 7.35. The topological polar surface area (TPSA) is 63.1 Å². The number of aromatic nitrogens is 2. The van der Waals surface area contributed by atoms with Crippen molar-refractivity contribution in [3.63, 3.8) is 0 Å². The predicted octanol–water partition coefficient (Wildman–Crippen LogP) is 2.56. The SMILES string of the molecule is O=C(O)c1cnc(-c2cccs2)nc1Cl. The number of thiophene rings is 1. The maximum Gasteiger partial charge on any atom is 0.340 e. The standard InChI is InChI=1S/C9H5ClN2O2S/c10-7-5(9(13)14)4-11-8(12-7)6-2-1-3-15-6/h1-4H,(H,13,14). The van der Waals surface area contributed by atoms with Crippen molar-refractivity contribution < 1.29 is 9.90 Å². The molecule has 2 aromatic rings. The van der Waals surface area contributed by atoms with Gasteiger partial charge >= 0.3 is 5.97 Å². The summed E-state index contributed by atoms with van der Waals surface area (Å²) >= 11 is 7.18. The number of carboxylic acids is 1. The van der Waals surface area contributed by atoms with Gasteiger partial charge in [0.2, 0.25) is 0 Å².